The first-order valence-corrected chi connectivity index (χ1v) is 12.7. The lowest BCUT2D eigenvalue weighted by Gasteiger charge is -2.32. The van der Waals surface area contributed by atoms with Gasteiger partial charge in [0.25, 0.3) is 11.8 Å². The number of hydrogen-bond acceptors (Lipinski definition) is 5. The number of rotatable bonds is 7. The van der Waals surface area contributed by atoms with Crippen molar-refractivity contribution >= 4 is 39.1 Å². The molecule has 2 amide bonds. The molecule has 0 aliphatic heterocycles. The summed E-state index contributed by atoms with van der Waals surface area (Å²) >= 11 is 4.79. The smallest absolute Gasteiger partial charge is 0.271 e. The molecule has 1 heterocycles. The minimum atomic E-state index is -0.220. The van der Waals surface area contributed by atoms with E-state index < -0.39 is 0 Å². The van der Waals surface area contributed by atoms with Gasteiger partial charge in [0, 0.05) is 27.5 Å². The van der Waals surface area contributed by atoms with E-state index >= 15 is 0 Å². The molecule has 1 saturated carbocycles. The highest BCUT2D eigenvalue weighted by Gasteiger charge is 2.29. The minimum absolute atomic E-state index is 0.109. The Morgan fingerprint density at radius 1 is 1.00 bits per heavy atom. The van der Waals surface area contributed by atoms with E-state index in [1.54, 1.807) is 17.5 Å². The van der Waals surface area contributed by atoms with E-state index in [1.807, 2.05) is 43.3 Å². The maximum absolute atomic E-state index is 12.9. The van der Waals surface area contributed by atoms with Crippen LogP contribution in [0.5, 0.6) is 5.75 Å². The Labute approximate surface area is 205 Å². The number of nitrogens with zero attached hydrogens (tertiary/aromatic N) is 1. The van der Waals surface area contributed by atoms with Crippen LogP contribution >= 0.6 is 27.3 Å². The van der Waals surface area contributed by atoms with Crippen LogP contribution in [-0.2, 0) is 6.61 Å². The van der Waals surface area contributed by atoms with Crippen molar-refractivity contribution < 1.29 is 14.3 Å². The maximum Gasteiger partial charge on any atom is 0.271 e. The van der Waals surface area contributed by atoms with Gasteiger partial charge in [-0.25, -0.2) is 4.98 Å². The number of carbonyl (C=O) groups excluding carboxylic acids is 2. The summed E-state index contributed by atoms with van der Waals surface area (Å²) in [6.07, 6.45) is 3.70. The summed E-state index contributed by atoms with van der Waals surface area (Å²) in [5.74, 6) is 0.425. The molecule has 2 aromatic carbocycles. The van der Waals surface area contributed by atoms with E-state index in [-0.39, 0.29) is 23.9 Å². The van der Waals surface area contributed by atoms with Crippen molar-refractivity contribution in [2.45, 2.75) is 51.3 Å². The number of aromatic nitrogens is 1. The molecule has 1 aliphatic carbocycles. The predicted octanol–water partition coefficient (Wildman–Crippen LogP) is 5.26. The normalized spacial score (nSPS) is 17.9. The molecule has 0 bridgehead atoms. The Morgan fingerprint density at radius 3 is 2.30 bits per heavy atom. The Kier molecular flexibility index (Phi) is 7.77. The van der Waals surface area contributed by atoms with Crippen LogP contribution in [0.3, 0.4) is 0 Å². The van der Waals surface area contributed by atoms with E-state index in [1.165, 1.54) is 16.9 Å². The summed E-state index contributed by atoms with van der Waals surface area (Å²) in [6.45, 7) is 2.34. The summed E-state index contributed by atoms with van der Waals surface area (Å²) in [7, 11) is 0. The van der Waals surface area contributed by atoms with Gasteiger partial charge < -0.3 is 15.4 Å². The van der Waals surface area contributed by atoms with Crippen molar-refractivity contribution in [3.8, 4) is 5.75 Å². The Morgan fingerprint density at radius 2 is 1.64 bits per heavy atom. The van der Waals surface area contributed by atoms with E-state index in [4.69, 9.17) is 4.74 Å². The number of carbonyl (C=O) groups is 2. The molecule has 6 nitrogen and oxygen atoms in total. The van der Waals surface area contributed by atoms with Crippen LogP contribution in [0.15, 0.2) is 58.4 Å². The van der Waals surface area contributed by atoms with Crippen LogP contribution in [0.1, 0.15) is 57.1 Å². The van der Waals surface area contributed by atoms with Crippen molar-refractivity contribution in [3.05, 3.63) is 80.2 Å². The number of halogens is 1. The van der Waals surface area contributed by atoms with Crippen molar-refractivity contribution in [2.75, 3.05) is 0 Å². The Hall–Kier alpha value is -2.71. The summed E-state index contributed by atoms with van der Waals surface area (Å²) in [5.41, 5.74) is 2.15. The molecule has 1 aliphatic rings. The number of nitrogens with one attached hydrogen (secondary N) is 2. The molecule has 1 fully saturated rings. The first kappa shape index (κ1) is 23.4. The third-order valence-electron chi connectivity index (χ3n) is 5.67. The second kappa shape index (κ2) is 10.9. The first-order valence-electron chi connectivity index (χ1n) is 11.0. The molecule has 4 rings (SSSR count). The summed E-state index contributed by atoms with van der Waals surface area (Å²) in [6, 6.07) is 14.8. The topological polar surface area (TPSA) is 80.3 Å². The number of aryl methyl sites for hydroxylation is 1. The number of ether oxygens (including phenoxy) is 1. The standard InChI is InChI=1S/C25H26BrN3O3S/c1-16-6-12-19(13-7-16)32-14-23-27-22(15-33-23)25(31)29-21-5-3-2-4-20(21)28-24(30)17-8-10-18(26)11-9-17/h6-13,15,20-21H,2-5,14H2,1H3,(H,28,30)(H,29,31)/t20-,21-/m0/s1. The van der Waals surface area contributed by atoms with Crippen LogP contribution in [0, 0.1) is 6.92 Å². The lowest BCUT2D eigenvalue weighted by atomic mass is 9.90. The molecule has 172 valence electrons. The molecule has 1 aromatic heterocycles. The van der Waals surface area contributed by atoms with Gasteiger partial charge in [0.2, 0.25) is 0 Å². The average molecular weight is 528 g/mol. The molecule has 0 spiro atoms. The fourth-order valence-corrected chi connectivity index (χ4v) is 4.78. The zero-order valence-electron chi connectivity index (χ0n) is 18.3. The molecule has 2 N–H and O–H groups in total. The zero-order valence-corrected chi connectivity index (χ0v) is 20.7. The Balaban J connectivity index is 1.33. The lowest BCUT2D eigenvalue weighted by molar-refractivity contribution is 0.0860. The summed E-state index contributed by atoms with van der Waals surface area (Å²) < 4.78 is 6.69. The lowest BCUT2D eigenvalue weighted by Crippen LogP contribution is -2.53. The van der Waals surface area contributed by atoms with Crippen LogP contribution < -0.4 is 15.4 Å². The molecule has 2 atom stereocenters. The van der Waals surface area contributed by atoms with E-state index in [0.29, 0.717) is 17.9 Å². The fourth-order valence-electron chi connectivity index (χ4n) is 3.83. The largest absolute Gasteiger partial charge is 0.486 e. The molecule has 8 heteroatoms. The van der Waals surface area contributed by atoms with Gasteiger partial charge in [0.15, 0.2) is 0 Å². The quantitative estimate of drug-likeness (QED) is 0.438. The van der Waals surface area contributed by atoms with Gasteiger partial charge in [-0.3, -0.25) is 9.59 Å². The van der Waals surface area contributed by atoms with Crippen LogP contribution in [0.4, 0.5) is 0 Å². The zero-order chi connectivity index (χ0) is 23.2. The number of amides is 2. The number of benzene rings is 2. The highest BCUT2D eigenvalue weighted by molar-refractivity contribution is 9.10. The first-order chi connectivity index (χ1) is 16.0. The SMILES string of the molecule is Cc1ccc(OCc2nc(C(=O)N[C@H]3CCCC[C@@H]3NC(=O)c3ccc(Br)cc3)cs2)cc1. The second-order valence-corrected chi connectivity index (χ2v) is 10.0. The van der Waals surface area contributed by atoms with Crippen molar-refractivity contribution in [3.63, 3.8) is 0 Å². The van der Waals surface area contributed by atoms with Crippen LogP contribution in [0.2, 0.25) is 0 Å². The monoisotopic (exact) mass is 527 g/mol. The van der Waals surface area contributed by atoms with Crippen LogP contribution in [-0.4, -0.2) is 28.9 Å². The van der Waals surface area contributed by atoms with Gasteiger partial charge >= 0.3 is 0 Å². The highest BCUT2D eigenvalue weighted by Crippen LogP contribution is 2.21. The summed E-state index contributed by atoms with van der Waals surface area (Å²) in [4.78, 5) is 30.0. The van der Waals surface area contributed by atoms with Gasteiger partial charge in [-0.05, 0) is 56.2 Å². The number of thiazole rings is 1. The van der Waals surface area contributed by atoms with E-state index in [9.17, 15) is 9.59 Å². The van der Waals surface area contributed by atoms with Gasteiger partial charge in [0.05, 0.1) is 0 Å². The molecule has 3 aromatic rings. The van der Waals surface area contributed by atoms with E-state index in [0.717, 1.165) is 40.9 Å². The third-order valence-corrected chi connectivity index (χ3v) is 7.02. The molecule has 0 radical (unpaired) electrons. The highest BCUT2D eigenvalue weighted by atomic mass is 79.9. The molecule has 33 heavy (non-hydrogen) atoms. The molecule has 0 saturated heterocycles. The molecular formula is C25H26BrN3O3S. The predicted molar refractivity (Wildman–Crippen MR) is 133 cm³/mol. The van der Waals surface area contributed by atoms with Crippen molar-refractivity contribution in [2.24, 2.45) is 0 Å². The molecular weight excluding hydrogens is 502 g/mol. The van der Waals surface area contributed by atoms with Gasteiger partial charge in [-0.2, -0.15) is 0 Å². The number of hydrogen-bond donors (Lipinski definition) is 2. The second-order valence-electron chi connectivity index (χ2n) is 8.18. The average Bonchev–Trinajstić information content (AvgIpc) is 3.30. The Bertz CT molecular complexity index is 1100. The van der Waals surface area contributed by atoms with Crippen molar-refractivity contribution in [1.29, 1.82) is 0 Å². The van der Waals surface area contributed by atoms with Gasteiger partial charge in [0.1, 0.15) is 23.1 Å². The molecule has 0 unspecified atom stereocenters. The minimum Gasteiger partial charge on any atom is -0.486 e. The third kappa shape index (κ3) is 6.42. The van der Waals surface area contributed by atoms with Crippen LogP contribution in [0.25, 0.3) is 0 Å². The fraction of sp³-hybridized carbons (Fsp3) is 0.320. The summed E-state index contributed by atoms with van der Waals surface area (Å²) in [5, 5.41) is 8.68. The van der Waals surface area contributed by atoms with Gasteiger partial charge in [-0.15, -0.1) is 11.3 Å². The van der Waals surface area contributed by atoms with E-state index in [2.05, 4.69) is 31.5 Å². The van der Waals surface area contributed by atoms with Crippen molar-refractivity contribution in [1.82, 2.24) is 15.6 Å². The van der Waals surface area contributed by atoms with Gasteiger partial charge in [-0.1, -0.05) is 46.5 Å². The maximum atomic E-state index is 12.9.